The topological polar surface area (TPSA) is 35.2 Å². The van der Waals surface area contributed by atoms with E-state index in [1.165, 1.54) is 62.5 Å². The fourth-order valence-corrected chi connectivity index (χ4v) is 3.93. The van der Waals surface area contributed by atoms with Crippen LogP contribution < -0.4 is 5.73 Å². The van der Waals surface area contributed by atoms with E-state index in [-0.39, 0.29) is 5.54 Å². The molecule has 2 nitrogen and oxygen atoms in total. The van der Waals surface area contributed by atoms with Crippen molar-refractivity contribution in [2.45, 2.75) is 82.6 Å². The number of nitrogens with two attached hydrogens (primary N) is 1. The Balaban J connectivity index is 1.74. The maximum absolute atomic E-state index is 6.42. The maximum Gasteiger partial charge on any atom is 0.0642 e. The van der Waals surface area contributed by atoms with E-state index in [0.29, 0.717) is 12.5 Å². The van der Waals surface area contributed by atoms with Gasteiger partial charge in [-0.25, -0.2) is 0 Å². The van der Waals surface area contributed by atoms with Gasteiger partial charge in [0.05, 0.1) is 6.61 Å². The Hall–Kier alpha value is -0.860. The summed E-state index contributed by atoms with van der Waals surface area (Å²) in [7, 11) is 1.75. The van der Waals surface area contributed by atoms with Crippen molar-refractivity contribution in [2.75, 3.05) is 13.7 Å². The summed E-state index contributed by atoms with van der Waals surface area (Å²) in [6, 6.07) is 9.31. The lowest BCUT2D eigenvalue weighted by molar-refractivity contribution is 0.134. The molecular weight excluding hydrogens is 282 g/mol. The fourth-order valence-electron chi connectivity index (χ4n) is 3.93. The van der Waals surface area contributed by atoms with Gasteiger partial charge in [0.25, 0.3) is 0 Å². The zero-order valence-electron chi connectivity index (χ0n) is 15.2. The van der Waals surface area contributed by atoms with E-state index >= 15 is 0 Å². The van der Waals surface area contributed by atoms with Crippen LogP contribution in [0.1, 0.15) is 81.8 Å². The SMILES string of the molecule is CCCCCCCCc1ccc([C@H]2CC[C@@](N)(COC)C2)cc1. The molecule has 1 aliphatic rings. The van der Waals surface area contributed by atoms with Gasteiger partial charge in [-0.1, -0.05) is 63.3 Å². The molecule has 2 atom stereocenters. The molecule has 0 unspecified atom stereocenters. The van der Waals surface area contributed by atoms with E-state index in [4.69, 9.17) is 10.5 Å². The van der Waals surface area contributed by atoms with E-state index in [1.807, 2.05) is 0 Å². The highest BCUT2D eigenvalue weighted by Crippen LogP contribution is 2.39. The van der Waals surface area contributed by atoms with Crippen LogP contribution in [-0.2, 0) is 11.2 Å². The average Bonchev–Trinajstić information content (AvgIpc) is 2.94. The number of rotatable bonds is 10. The molecule has 1 aromatic rings. The Bertz CT molecular complexity index is 442. The molecule has 0 spiro atoms. The van der Waals surface area contributed by atoms with E-state index in [2.05, 4.69) is 31.2 Å². The van der Waals surface area contributed by atoms with Gasteiger partial charge in [-0.15, -0.1) is 0 Å². The lowest BCUT2D eigenvalue weighted by Crippen LogP contribution is -2.41. The summed E-state index contributed by atoms with van der Waals surface area (Å²) in [5, 5.41) is 0. The summed E-state index contributed by atoms with van der Waals surface area (Å²) in [6.45, 7) is 2.95. The Kier molecular flexibility index (Phi) is 7.58. The van der Waals surface area contributed by atoms with Gasteiger partial charge in [-0.2, -0.15) is 0 Å². The van der Waals surface area contributed by atoms with Gasteiger partial charge in [0.2, 0.25) is 0 Å². The van der Waals surface area contributed by atoms with Crippen molar-refractivity contribution < 1.29 is 4.74 Å². The molecule has 23 heavy (non-hydrogen) atoms. The molecule has 0 bridgehead atoms. The normalized spacial score (nSPS) is 24.2. The minimum Gasteiger partial charge on any atom is -0.383 e. The molecule has 0 saturated heterocycles. The van der Waals surface area contributed by atoms with E-state index in [9.17, 15) is 0 Å². The van der Waals surface area contributed by atoms with Crippen LogP contribution >= 0.6 is 0 Å². The molecule has 0 amide bonds. The molecule has 0 radical (unpaired) electrons. The van der Waals surface area contributed by atoms with Crippen LogP contribution in [0, 0.1) is 0 Å². The van der Waals surface area contributed by atoms with Crippen LogP contribution in [0.15, 0.2) is 24.3 Å². The maximum atomic E-state index is 6.42. The van der Waals surface area contributed by atoms with Crippen LogP contribution in [0.4, 0.5) is 0 Å². The first-order chi connectivity index (χ1) is 11.2. The number of unbranched alkanes of at least 4 members (excludes halogenated alkanes) is 5. The van der Waals surface area contributed by atoms with Crippen molar-refractivity contribution in [3.05, 3.63) is 35.4 Å². The number of ether oxygens (including phenoxy) is 1. The van der Waals surface area contributed by atoms with Gasteiger partial charge in [-0.05, 0) is 49.1 Å². The minimum atomic E-state index is -0.115. The number of hydrogen-bond acceptors (Lipinski definition) is 2. The van der Waals surface area contributed by atoms with Crippen LogP contribution in [0.3, 0.4) is 0 Å². The summed E-state index contributed by atoms with van der Waals surface area (Å²) in [6.07, 6.45) is 12.8. The summed E-state index contributed by atoms with van der Waals surface area (Å²) >= 11 is 0. The molecule has 1 aromatic carbocycles. The van der Waals surface area contributed by atoms with E-state index in [0.717, 1.165) is 12.8 Å². The number of hydrogen-bond donors (Lipinski definition) is 1. The Morgan fingerprint density at radius 2 is 1.78 bits per heavy atom. The zero-order valence-corrected chi connectivity index (χ0v) is 15.2. The third-order valence-electron chi connectivity index (χ3n) is 5.35. The Labute approximate surface area is 142 Å². The van der Waals surface area contributed by atoms with Crippen molar-refractivity contribution in [3.63, 3.8) is 0 Å². The second kappa shape index (κ2) is 9.44. The summed E-state index contributed by atoms with van der Waals surface area (Å²) in [5.41, 5.74) is 9.25. The van der Waals surface area contributed by atoms with Gasteiger partial charge in [0.1, 0.15) is 0 Å². The second-order valence-electron chi connectivity index (χ2n) is 7.49. The molecule has 0 aromatic heterocycles. The van der Waals surface area contributed by atoms with Gasteiger partial charge in [0, 0.05) is 12.6 Å². The number of methoxy groups -OCH3 is 1. The lowest BCUT2D eigenvalue weighted by Gasteiger charge is -2.23. The molecule has 130 valence electrons. The standard InChI is InChI=1S/C21H35NO/c1-3-4-5-6-7-8-9-18-10-12-19(13-11-18)20-14-15-21(22,16-20)17-23-2/h10-13,20H,3-9,14-17,22H2,1-2H3/t20-,21-/m0/s1. The quantitative estimate of drug-likeness (QED) is 0.602. The first kappa shape index (κ1) is 18.5. The van der Waals surface area contributed by atoms with Crippen LogP contribution in [-0.4, -0.2) is 19.3 Å². The second-order valence-corrected chi connectivity index (χ2v) is 7.49. The molecular formula is C21H35NO. The average molecular weight is 318 g/mol. The largest absolute Gasteiger partial charge is 0.383 e. The van der Waals surface area contributed by atoms with Crippen LogP contribution in [0.5, 0.6) is 0 Å². The van der Waals surface area contributed by atoms with Crippen molar-refractivity contribution >= 4 is 0 Å². The van der Waals surface area contributed by atoms with Crippen molar-refractivity contribution in [1.29, 1.82) is 0 Å². The zero-order chi connectivity index (χ0) is 16.5. The first-order valence-corrected chi connectivity index (χ1v) is 9.53. The Morgan fingerprint density at radius 3 is 2.48 bits per heavy atom. The van der Waals surface area contributed by atoms with Crippen LogP contribution in [0.25, 0.3) is 0 Å². The molecule has 1 aliphatic carbocycles. The number of benzene rings is 1. The van der Waals surface area contributed by atoms with Gasteiger partial charge in [-0.3, -0.25) is 0 Å². The molecule has 2 heteroatoms. The number of aryl methyl sites for hydroxylation is 1. The molecule has 0 aliphatic heterocycles. The molecule has 0 heterocycles. The Morgan fingerprint density at radius 1 is 1.09 bits per heavy atom. The fraction of sp³-hybridized carbons (Fsp3) is 0.714. The summed E-state index contributed by atoms with van der Waals surface area (Å²) < 4.78 is 5.29. The predicted molar refractivity (Wildman–Crippen MR) is 98.9 cm³/mol. The molecule has 2 N–H and O–H groups in total. The first-order valence-electron chi connectivity index (χ1n) is 9.53. The summed E-state index contributed by atoms with van der Waals surface area (Å²) in [4.78, 5) is 0. The minimum absolute atomic E-state index is 0.115. The van der Waals surface area contributed by atoms with Gasteiger partial charge >= 0.3 is 0 Å². The van der Waals surface area contributed by atoms with E-state index < -0.39 is 0 Å². The summed E-state index contributed by atoms with van der Waals surface area (Å²) in [5.74, 6) is 0.609. The lowest BCUT2D eigenvalue weighted by atomic mass is 9.92. The molecule has 1 saturated carbocycles. The van der Waals surface area contributed by atoms with Crippen LogP contribution in [0.2, 0.25) is 0 Å². The van der Waals surface area contributed by atoms with Crippen molar-refractivity contribution in [3.8, 4) is 0 Å². The highest BCUT2D eigenvalue weighted by atomic mass is 16.5. The smallest absolute Gasteiger partial charge is 0.0642 e. The van der Waals surface area contributed by atoms with Gasteiger partial charge in [0.15, 0.2) is 0 Å². The molecule has 2 rings (SSSR count). The van der Waals surface area contributed by atoms with Crippen molar-refractivity contribution in [2.24, 2.45) is 5.73 Å². The van der Waals surface area contributed by atoms with Gasteiger partial charge < -0.3 is 10.5 Å². The third kappa shape index (κ3) is 5.93. The molecule has 1 fully saturated rings. The highest BCUT2D eigenvalue weighted by molar-refractivity contribution is 5.27. The third-order valence-corrected chi connectivity index (χ3v) is 5.35. The highest BCUT2D eigenvalue weighted by Gasteiger charge is 2.36. The van der Waals surface area contributed by atoms with E-state index in [1.54, 1.807) is 7.11 Å². The monoisotopic (exact) mass is 317 g/mol. The van der Waals surface area contributed by atoms with Crippen molar-refractivity contribution in [1.82, 2.24) is 0 Å². The predicted octanol–water partition coefficient (Wildman–Crippen LogP) is 5.20.